The molecule has 0 radical (unpaired) electrons. The van der Waals surface area contributed by atoms with Gasteiger partial charge in [-0.25, -0.2) is 13.2 Å². The summed E-state index contributed by atoms with van der Waals surface area (Å²) < 4.78 is 38.6. The van der Waals surface area contributed by atoms with Gasteiger partial charge in [-0.1, -0.05) is 13.3 Å². The normalized spacial score (nSPS) is 12.3. The first-order chi connectivity index (χ1) is 8.49. The Morgan fingerprint density at radius 1 is 1.33 bits per heavy atom. The smallest absolute Gasteiger partial charge is 0.251 e. The van der Waals surface area contributed by atoms with Gasteiger partial charge in [0.15, 0.2) is 17.5 Å². The molecule has 18 heavy (non-hydrogen) atoms. The topological polar surface area (TPSA) is 55.1 Å². The zero-order chi connectivity index (χ0) is 13.7. The first-order valence-electron chi connectivity index (χ1n) is 5.65. The quantitative estimate of drug-likeness (QED) is 0.795. The summed E-state index contributed by atoms with van der Waals surface area (Å²) in [6.45, 7) is 2.15. The van der Waals surface area contributed by atoms with E-state index < -0.39 is 23.4 Å². The zero-order valence-electron chi connectivity index (χ0n) is 9.97. The molecule has 1 aromatic carbocycles. The van der Waals surface area contributed by atoms with Crippen molar-refractivity contribution < 1.29 is 18.0 Å². The number of halogens is 3. The zero-order valence-corrected chi connectivity index (χ0v) is 9.97. The van der Waals surface area contributed by atoms with Crippen molar-refractivity contribution in [1.29, 1.82) is 0 Å². The van der Waals surface area contributed by atoms with E-state index in [-0.39, 0.29) is 18.2 Å². The number of carbonyl (C=O) groups is 1. The highest BCUT2D eigenvalue weighted by atomic mass is 19.2. The summed E-state index contributed by atoms with van der Waals surface area (Å²) in [6, 6.07) is 1.05. The van der Waals surface area contributed by atoms with E-state index >= 15 is 0 Å². The van der Waals surface area contributed by atoms with Crippen molar-refractivity contribution in [3.05, 3.63) is 35.1 Å². The van der Waals surface area contributed by atoms with Crippen LogP contribution < -0.4 is 11.1 Å². The fourth-order valence-corrected chi connectivity index (χ4v) is 1.55. The second-order valence-corrected chi connectivity index (χ2v) is 3.95. The van der Waals surface area contributed by atoms with Gasteiger partial charge in [-0.2, -0.15) is 0 Å². The van der Waals surface area contributed by atoms with E-state index in [1.807, 2.05) is 6.92 Å². The number of nitrogens with two attached hydrogens (primary N) is 1. The molecule has 1 atom stereocenters. The lowest BCUT2D eigenvalue weighted by atomic mass is 10.1. The molecule has 0 aliphatic heterocycles. The number of amides is 1. The van der Waals surface area contributed by atoms with E-state index in [1.54, 1.807) is 0 Å². The van der Waals surface area contributed by atoms with Crippen LogP contribution in [0.1, 0.15) is 30.1 Å². The molecule has 0 spiro atoms. The van der Waals surface area contributed by atoms with Gasteiger partial charge in [0.25, 0.3) is 5.91 Å². The molecular formula is C12H15F3N2O. The molecule has 0 bridgehead atoms. The van der Waals surface area contributed by atoms with Gasteiger partial charge in [0.05, 0.1) is 0 Å². The van der Waals surface area contributed by atoms with Crippen LogP contribution in [0.3, 0.4) is 0 Å². The number of rotatable bonds is 5. The Morgan fingerprint density at radius 3 is 2.33 bits per heavy atom. The third-order valence-corrected chi connectivity index (χ3v) is 2.50. The summed E-state index contributed by atoms with van der Waals surface area (Å²) in [5.74, 6) is -5.04. The molecule has 100 valence electrons. The molecule has 1 aromatic rings. The minimum absolute atomic E-state index is 0.228. The Morgan fingerprint density at radius 2 is 1.89 bits per heavy atom. The lowest BCUT2D eigenvalue weighted by molar-refractivity contribution is 0.0935. The standard InChI is InChI=1S/C12H15F3N2O/c1-2-3-8(6-16)17-12(18)7-4-9(13)11(15)10(14)5-7/h4-5,8H,2-3,6,16H2,1H3,(H,17,18). The highest BCUT2D eigenvalue weighted by Gasteiger charge is 2.17. The Bertz CT molecular complexity index is 414. The maximum atomic E-state index is 12.9. The number of carbonyl (C=O) groups excluding carboxylic acids is 1. The van der Waals surface area contributed by atoms with E-state index in [4.69, 9.17) is 5.73 Å². The minimum atomic E-state index is -1.59. The van der Waals surface area contributed by atoms with Crippen LogP contribution in [0.2, 0.25) is 0 Å². The predicted molar refractivity (Wildman–Crippen MR) is 61.5 cm³/mol. The van der Waals surface area contributed by atoms with E-state index in [9.17, 15) is 18.0 Å². The first-order valence-corrected chi connectivity index (χ1v) is 5.65. The Hall–Kier alpha value is -1.56. The van der Waals surface area contributed by atoms with E-state index in [0.717, 1.165) is 6.42 Å². The number of benzene rings is 1. The van der Waals surface area contributed by atoms with Crippen molar-refractivity contribution in [3.63, 3.8) is 0 Å². The molecule has 3 N–H and O–H groups in total. The van der Waals surface area contributed by atoms with Crippen LogP contribution in [-0.4, -0.2) is 18.5 Å². The van der Waals surface area contributed by atoms with Crippen LogP contribution in [0.15, 0.2) is 12.1 Å². The SMILES string of the molecule is CCCC(CN)NC(=O)c1cc(F)c(F)c(F)c1. The minimum Gasteiger partial charge on any atom is -0.348 e. The van der Waals surface area contributed by atoms with Gasteiger partial charge in [0.1, 0.15) is 0 Å². The molecule has 1 amide bonds. The second-order valence-electron chi connectivity index (χ2n) is 3.95. The molecule has 6 heteroatoms. The highest BCUT2D eigenvalue weighted by Crippen LogP contribution is 2.13. The first kappa shape index (κ1) is 14.5. The third-order valence-electron chi connectivity index (χ3n) is 2.50. The van der Waals surface area contributed by atoms with Crippen molar-refractivity contribution in [3.8, 4) is 0 Å². The van der Waals surface area contributed by atoms with Gasteiger partial charge in [-0.05, 0) is 18.6 Å². The summed E-state index contributed by atoms with van der Waals surface area (Å²) in [6.07, 6.45) is 1.47. The molecule has 0 heterocycles. The lowest BCUT2D eigenvalue weighted by Crippen LogP contribution is -2.40. The van der Waals surface area contributed by atoms with Crippen LogP contribution in [0.5, 0.6) is 0 Å². The Labute approximate surface area is 103 Å². The molecule has 0 aliphatic rings. The van der Waals surface area contributed by atoms with Crippen LogP contribution >= 0.6 is 0 Å². The van der Waals surface area contributed by atoms with E-state index in [0.29, 0.717) is 18.6 Å². The fraction of sp³-hybridized carbons (Fsp3) is 0.417. The van der Waals surface area contributed by atoms with Gasteiger partial charge < -0.3 is 11.1 Å². The molecule has 0 saturated carbocycles. The van der Waals surface area contributed by atoms with Crippen molar-refractivity contribution in [2.45, 2.75) is 25.8 Å². The monoisotopic (exact) mass is 260 g/mol. The molecule has 1 unspecified atom stereocenters. The fourth-order valence-electron chi connectivity index (χ4n) is 1.55. The summed E-state index contributed by atoms with van der Waals surface area (Å²) >= 11 is 0. The molecular weight excluding hydrogens is 245 g/mol. The number of nitrogens with one attached hydrogen (secondary N) is 1. The van der Waals surface area contributed by atoms with Crippen molar-refractivity contribution in [1.82, 2.24) is 5.32 Å². The van der Waals surface area contributed by atoms with Crippen LogP contribution in [-0.2, 0) is 0 Å². The summed E-state index contributed by atoms with van der Waals surface area (Å²) in [5.41, 5.74) is 5.18. The number of hydrogen-bond donors (Lipinski definition) is 2. The molecule has 3 nitrogen and oxygen atoms in total. The molecule has 0 aromatic heterocycles. The maximum Gasteiger partial charge on any atom is 0.251 e. The summed E-state index contributed by atoms with van der Waals surface area (Å²) in [4.78, 5) is 11.7. The lowest BCUT2D eigenvalue weighted by Gasteiger charge is -2.16. The molecule has 0 fully saturated rings. The summed E-state index contributed by atoms with van der Waals surface area (Å²) in [5, 5.41) is 2.54. The van der Waals surface area contributed by atoms with Crippen LogP contribution in [0.4, 0.5) is 13.2 Å². The third kappa shape index (κ3) is 3.46. The number of hydrogen-bond acceptors (Lipinski definition) is 2. The molecule has 1 rings (SSSR count). The largest absolute Gasteiger partial charge is 0.348 e. The van der Waals surface area contributed by atoms with Crippen LogP contribution in [0, 0.1) is 17.5 Å². The van der Waals surface area contributed by atoms with Crippen molar-refractivity contribution in [2.24, 2.45) is 5.73 Å². The van der Waals surface area contributed by atoms with Gasteiger partial charge >= 0.3 is 0 Å². The van der Waals surface area contributed by atoms with Crippen LogP contribution in [0.25, 0.3) is 0 Å². The molecule has 0 saturated heterocycles. The van der Waals surface area contributed by atoms with E-state index in [2.05, 4.69) is 5.32 Å². The maximum absolute atomic E-state index is 12.9. The average molecular weight is 260 g/mol. The average Bonchev–Trinajstić information content (AvgIpc) is 2.34. The van der Waals surface area contributed by atoms with Crippen molar-refractivity contribution in [2.75, 3.05) is 6.54 Å². The van der Waals surface area contributed by atoms with E-state index in [1.165, 1.54) is 0 Å². The van der Waals surface area contributed by atoms with Gasteiger partial charge in [-0.3, -0.25) is 4.79 Å². The second kappa shape index (κ2) is 6.39. The predicted octanol–water partition coefficient (Wildman–Crippen LogP) is 1.96. The molecule has 0 aliphatic carbocycles. The Kier molecular flexibility index (Phi) is 5.15. The van der Waals surface area contributed by atoms with Gasteiger partial charge in [0, 0.05) is 18.2 Å². The van der Waals surface area contributed by atoms with Gasteiger partial charge in [-0.15, -0.1) is 0 Å². The van der Waals surface area contributed by atoms with Gasteiger partial charge in [0.2, 0.25) is 0 Å². The summed E-state index contributed by atoms with van der Waals surface area (Å²) in [7, 11) is 0. The van der Waals surface area contributed by atoms with Crippen molar-refractivity contribution >= 4 is 5.91 Å². The highest BCUT2D eigenvalue weighted by molar-refractivity contribution is 5.94. The Balaban J connectivity index is 2.84.